The first-order chi connectivity index (χ1) is 7.97. The van der Waals surface area contributed by atoms with Gasteiger partial charge >= 0.3 is 5.97 Å². The van der Waals surface area contributed by atoms with Crippen LogP contribution in [0.1, 0.15) is 32.3 Å². The van der Waals surface area contributed by atoms with Gasteiger partial charge in [-0.2, -0.15) is 0 Å². The molecular formula is C13H18O3S. The van der Waals surface area contributed by atoms with E-state index in [0.717, 1.165) is 0 Å². The second-order valence-corrected chi connectivity index (χ2v) is 5.96. The zero-order chi connectivity index (χ0) is 13.0. The van der Waals surface area contributed by atoms with Crippen LogP contribution < -0.4 is 0 Å². The van der Waals surface area contributed by atoms with Gasteiger partial charge in [0.1, 0.15) is 5.25 Å². The summed E-state index contributed by atoms with van der Waals surface area (Å²) < 4.78 is 16.6. The second-order valence-electron chi connectivity index (χ2n) is 4.19. The molecule has 0 heterocycles. The van der Waals surface area contributed by atoms with Gasteiger partial charge in [0.05, 0.1) is 17.9 Å². The summed E-state index contributed by atoms with van der Waals surface area (Å²) in [6, 6.07) is 7.51. The van der Waals surface area contributed by atoms with Gasteiger partial charge in [-0.1, -0.05) is 26.0 Å². The first-order valence-electron chi connectivity index (χ1n) is 5.55. The zero-order valence-corrected chi connectivity index (χ0v) is 11.4. The topological polar surface area (TPSA) is 43.4 Å². The van der Waals surface area contributed by atoms with E-state index in [-0.39, 0.29) is 0 Å². The van der Waals surface area contributed by atoms with E-state index in [0.29, 0.717) is 10.8 Å². The minimum absolute atomic E-state index is 0.440. The van der Waals surface area contributed by atoms with E-state index in [1.54, 1.807) is 6.92 Å². The fraction of sp³-hybridized carbons (Fsp3) is 0.462. The molecule has 2 atom stereocenters. The molecule has 17 heavy (non-hydrogen) atoms. The molecule has 4 heteroatoms. The maximum absolute atomic E-state index is 12.0. The number of esters is 1. The fourth-order valence-corrected chi connectivity index (χ4v) is 2.53. The van der Waals surface area contributed by atoms with Gasteiger partial charge < -0.3 is 4.74 Å². The number of methoxy groups -OCH3 is 1. The second kappa shape index (κ2) is 5.96. The fourth-order valence-electron chi connectivity index (χ4n) is 1.44. The Bertz CT molecular complexity index is 409. The van der Waals surface area contributed by atoms with Crippen molar-refractivity contribution in [2.75, 3.05) is 7.11 Å². The van der Waals surface area contributed by atoms with Crippen molar-refractivity contribution in [2.24, 2.45) is 0 Å². The normalized spacial score (nSPS) is 14.4. The van der Waals surface area contributed by atoms with Crippen molar-refractivity contribution in [3.63, 3.8) is 0 Å². The Balaban J connectivity index is 2.86. The molecular weight excluding hydrogens is 236 g/mol. The quantitative estimate of drug-likeness (QED) is 0.775. The Labute approximate surface area is 105 Å². The Hall–Kier alpha value is -1.16. The Morgan fingerprint density at radius 2 is 1.71 bits per heavy atom. The maximum Gasteiger partial charge on any atom is 0.321 e. The molecule has 0 spiro atoms. The maximum atomic E-state index is 12.0. The predicted molar refractivity (Wildman–Crippen MR) is 68.4 cm³/mol. The molecule has 94 valence electrons. The summed E-state index contributed by atoms with van der Waals surface area (Å²) in [6.07, 6.45) is 0. The Morgan fingerprint density at radius 3 is 2.12 bits per heavy atom. The molecule has 0 aliphatic rings. The molecule has 0 saturated carbocycles. The smallest absolute Gasteiger partial charge is 0.321 e. The standard InChI is InChI=1S/C13H18O3S/c1-9(2)11-5-7-12(8-6-11)17(15)10(3)13(14)16-4/h5-10H,1-4H3. The highest BCUT2D eigenvalue weighted by Gasteiger charge is 2.21. The molecule has 2 unspecified atom stereocenters. The Kier molecular flexibility index (Phi) is 4.87. The van der Waals surface area contributed by atoms with E-state index in [4.69, 9.17) is 0 Å². The predicted octanol–water partition coefficient (Wildman–Crippen LogP) is 2.48. The number of hydrogen-bond donors (Lipinski definition) is 0. The number of benzene rings is 1. The van der Waals surface area contributed by atoms with Crippen molar-refractivity contribution in [1.29, 1.82) is 0 Å². The lowest BCUT2D eigenvalue weighted by atomic mass is 10.0. The largest absolute Gasteiger partial charge is 0.468 e. The summed E-state index contributed by atoms with van der Waals surface area (Å²) in [5.74, 6) is -0.00761. The molecule has 0 amide bonds. The van der Waals surface area contributed by atoms with Gasteiger partial charge in [0, 0.05) is 4.90 Å². The summed E-state index contributed by atoms with van der Waals surface area (Å²) in [5, 5.41) is -0.634. The summed E-state index contributed by atoms with van der Waals surface area (Å²) in [4.78, 5) is 11.9. The van der Waals surface area contributed by atoms with Crippen LogP contribution in [0.4, 0.5) is 0 Å². The molecule has 1 aromatic carbocycles. The first kappa shape index (κ1) is 13.9. The van der Waals surface area contributed by atoms with Crippen LogP contribution in [0.2, 0.25) is 0 Å². The molecule has 1 aromatic rings. The lowest BCUT2D eigenvalue weighted by molar-refractivity contribution is -0.139. The van der Waals surface area contributed by atoms with Crippen molar-refractivity contribution in [1.82, 2.24) is 0 Å². The summed E-state index contributed by atoms with van der Waals surface area (Å²) >= 11 is 0. The minimum atomic E-state index is -1.35. The van der Waals surface area contributed by atoms with Gasteiger partial charge in [-0.05, 0) is 30.5 Å². The number of hydrogen-bond acceptors (Lipinski definition) is 3. The third-order valence-corrected chi connectivity index (χ3v) is 4.20. The summed E-state index contributed by atoms with van der Waals surface area (Å²) in [6.45, 7) is 5.81. The molecule has 0 radical (unpaired) electrons. The lowest BCUT2D eigenvalue weighted by Crippen LogP contribution is -2.23. The van der Waals surface area contributed by atoms with Gasteiger partial charge in [0.2, 0.25) is 0 Å². The number of carbonyl (C=O) groups excluding carboxylic acids is 1. The van der Waals surface area contributed by atoms with Crippen LogP contribution >= 0.6 is 0 Å². The Morgan fingerprint density at radius 1 is 1.18 bits per heavy atom. The molecule has 0 aliphatic heterocycles. The molecule has 0 aliphatic carbocycles. The number of ether oxygens (including phenoxy) is 1. The highest BCUT2D eigenvalue weighted by Crippen LogP contribution is 2.18. The highest BCUT2D eigenvalue weighted by molar-refractivity contribution is 7.86. The molecule has 0 saturated heterocycles. The number of carbonyl (C=O) groups is 1. The molecule has 0 aromatic heterocycles. The van der Waals surface area contributed by atoms with Crippen molar-refractivity contribution < 1.29 is 13.7 Å². The molecule has 3 nitrogen and oxygen atoms in total. The third-order valence-electron chi connectivity index (χ3n) is 2.63. The van der Waals surface area contributed by atoms with Crippen LogP contribution in [0, 0.1) is 0 Å². The SMILES string of the molecule is COC(=O)C(C)S(=O)c1ccc(C(C)C)cc1. The van der Waals surface area contributed by atoms with Crippen molar-refractivity contribution >= 4 is 16.8 Å². The van der Waals surface area contributed by atoms with Crippen LogP contribution in [0.15, 0.2) is 29.2 Å². The number of rotatable bonds is 4. The van der Waals surface area contributed by atoms with Crippen molar-refractivity contribution in [3.05, 3.63) is 29.8 Å². The molecule has 0 N–H and O–H groups in total. The van der Waals surface area contributed by atoms with E-state index in [2.05, 4.69) is 18.6 Å². The van der Waals surface area contributed by atoms with Crippen LogP contribution in [-0.2, 0) is 20.3 Å². The van der Waals surface area contributed by atoms with Gasteiger partial charge in [0.15, 0.2) is 0 Å². The van der Waals surface area contributed by atoms with E-state index in [1.165, 1.54) is 12.7 Å². The summed E-state index contributed by atoms with van der Waals surface area (Å²) in [5.41, 5.74) is 1.19. The monoisotopic (exact) mass is 254 g/mol. The van der Waals surface area contributed by atoms with Crippen LogP contribution in [-0.4, -0.2) is 22.5 Å². The average molecular weight is 254 g/mol. The van der Waals surface area contributed by atoms with Gasteiger partial charge in [0.25, 0.3) is 0 Å². The van der Waals surface area contributed by atoms with Gasteiger partial charge in [-0.15, -0.1) is 0 Å². The molecule has 0 fully saturated rings. The third kappa shape index (κ3) is 3.40. The first-order valence-corrected chi connectivity index (χ1v) is 6.77. The van der Waals surface area contributed by atoms with E-state index in [1.807, 2.05) is 24.3 Å². The van der Waals surface area contributed by atoms with E-state index < -0.39 is 22.0 Å². The van der Waals surface area contributed by atoms with E-state index >= 15 is 0 Å². The van der Waals surface area contributed by atoms with Crippen molar-refractivity contribution in [2.45, 2.75) is 36.8 Å². The van der Waals surface area contributed by atoms with Crippen LogP contribution in [0.3, 0.4) is 0 Å². The van der Waals surface area contributed by atoms with Gasteiger partial charge in [-0.25, -0.2) is 0 Å². The average Bonchev–Trinajstić information content (AvgIpc) is 2.36. The zero-order valence-electron chi connectivity index (χ0n) is 10.6. The van der Waals surface area contributed by atoms with E-state index in [9.17, 15) is 9.00 Å². The van der Waals surface area contributed by atoms with Crippen LogP contribution in [0.25, 0.3) is 0 Å². The van der Waals surface area contributed by atoms with Gasteiger partial charge in [-0.3, -0.25) is 9.00 Å². The molecule has 0 bridgehead atoms. The highest BCUT2D eigenvalue weighted by atomic mass is 32.2. The lowest BCUT2D eigenvalue weighted by Gasteiger charge is -2.10. The summed E-state index contributed by atoms with van der Waals surface area (Å²) in [7, 11) is -0.0507. The minimum Gasteiger partial charge on any atom is -0.468 e. The van der Waals surface area contributed by atoms with Crippen LogP contribution in [0.5, 0.6) is 0 Å². The molecule has 1 rings (SSSR count). The van der Waals surface area contributed by atoms with Crippen molar-refractivity contribution in [3.8, 4) is 0 Å².